The first-order valence-electron chi connectivity index (χ1n) is 7.70. The third kappa shape index (κ3) is 4.60. The van der Waals surface area contributed by atoms with Crippen LogP contribution in [-0.4, -0.2) is 34.0 Å². The van der Waals surface area contributed by atoms with Gasteiger partial charge in [0.05, 0.1) is 12.9 Å². The zero-order valence-electron chi connectivity index (χ0n) is 13.9. The van der Waals surface area contributed by atoms with Crippen LogP contribution in [0.4, 0.5) is 5.69 Å². The monoisotopic (exact) mass is 354 g/mol. The summed E-state index contributed by atoms with van der Waals surface area (Å²) >= 11 is 1.28. The molecular formula is C18H18N4O2S. The molecule has 2 aromatic carbocycles. The Morgan fingerprint density at radius 1 is 1.24 bits per heavy atom. The minimum absolute atomic E-state index is 0.125. The predicted octanol–water partition coefficient (Wildman–Crippen LogP) is 3.52. The van der Waals surface area contributed by atoms with E-state index in [-0.39, 0.29) is 11.7 Å². The highest BCUT2D eigenvalue weighted by Gasteiger charge is 2.09. The van der Waals surface area contributed by atoms with E-state index in [0.717, 1.165) is 11.1 Å². The fourth-order valence-corrected chi connectivity index (χ4v) is 2.86. The van der Waals surface area contributed by atoms with Crippen molar-refractivity contribution in [1.82, 2.24) is 15.2 Å². The second-order valence-electron chi connectivity index (χ2n) is 5.40. The third-order valence-corrected chi connectivity index (χ3v) is 4.29. The van der Waals surface area contributed by atoms with E-state index in [1.807, 2.05) is 49.4 Å². The van der Waals surface area contributed by atoms with Crippen molar-refractivity contribution >= 4 is 23.4 Å². The smallest absolute Gasteiger partial charge is 0.234 e. The summed E-state index contributed by atoms with van der Waals surface area (Å²) in [6.07, 6.45) is 0. The summed E-state index contributed by atoms with van der Waals surface area (Å²) in [5, 5.41) is 10.4. The van der Waals surface area contributed by atoms with E-state index < -0.39 is 0 Å². The summed E-state index contributed by atoms with van der Waals surface area (Å²) in [4.78, 5) is 16.5. The first-order valence-corrected chi connectivity index (χ1v) is 8.69. The Labute approximate surface area is 150 Å². The Hall–Kier alpha value is -2.80. The van der Waals surface area contributed by atoms with Gasteiger partial charge in [0.2, 0.25) is 11.1 Å². The standard InChI is InChI=1S/C18H18N4O2S/c1-12-5-3-6-13(9-12)17-20-18(22-21-17)25-11-16(23)19-14-7-4-8-15(10-14)24-2/h3-10H,11H2,1-2H3,(H,19,23)(H,20,21,22). The second kappa shape index (κ2) is 7.85. The number of hydrogen-bond donors (Lipinski definition) is 2. The van der Waals surface area contributed by atoms with Crippen molar-refractivity contribution < 1.29 is 9.53 Å². The van der Waals surface area contributed by atoms with Gasteiger partial charge >= 0.3 is 0 Å². The number of anilines is 1. The normalized spacial score (nSPS) is 10.5. The fourth-order valence-electron chi connectivity index (χ4n) is 2.26. The van der Waals surface area contributed by atoms with Crippen LogP contribution < -0.4 is 10.1 Å². The van der Waals surface area contributed by atoms with Crippen LogP contribution in [0.3, 0.4) is 0 Å². The molecule has 3 rings (SSSR count). The van der Waals surface area contributed by atoms with Crippen molar-refractivity contribution in [3.05, 3.63) is 54.1 Å². The molecule has 0 atom stereocenters. The molecule has 0 saturated carbocycles. The molecule has 0 unspecified atom stereocenters. The van der Waals surface area contributed by atoms with Gasteiger partial charge in [0.15, 0.2) is 5.82 Å². The van der Waals surface area contributed by atoms with Crippen molar-refractivity contribution in [2.45, 2.75) is 12.1 Å². The van der Waals surface area contributed by atoms with E-state index in [0.29, 0.717) is 22.4 Å². The SMILES string of the molecule is COc1cccc(NC(=O)CSc2n[nH]c(-c3cccc(C)c3)n2)c1. The Bertz CT molecular complexity index is 879. The van der Waals surface area contributed by atoms with Gasteiger partial charge in [-0.1, -0.05) is 41.6 Å². The number of carbonyl (C=O) groups excluding carboxylic acids is 1. The van der Waals surface area contributed by atoms with E-state index in [1.54, 1.807) is 13.2 Å². The number of carbonyl (C=O) groups is 1. The van der Waals surface area contributed by atoms with Crippen LogP contribution in [-0.2, 0) is 4.79 Å². The van der Waals surface area contributed by atoms with Crippen molar-refractivity contribution in [2.24, 2.45) is 0 Å². The van der Waals surface area contributed by atoms with E-state index in [2.05, 4.69) is 20.5 Å². The highest BCUT2D eigenvalue weighted by molar-refractivity contribution is 7.99. The summed E-state index contributed by atoms with van der Waals surface area (Å²) < 4.78 is 5.14. The quantitative estimate of drug-likeness (QED) is 0.662. The first kappa shape index (κ1) is 17.0. The molecule has 0 bridgehead atoms. The maximum absolute atomic E-state index is 12.1. The Balaban J connectivity index is 1.57. The van der Waals surface area contributed by atoms with E-state index >= 15 is 0 Å². The molecular weight excluding hydrogens is 336 g/mol. The molecule has 2 N–H and O–H groups in total. The maximum atomic E-state index is 12.1. The summed E-state index contributed by atoms with van der Waals surface area (Å²) in [6.45, 7) is 2.03. The summed E-state index contributed by atoms with van der Waals surface area (Å²) in [7, 11) is 1.59. The Morgan fingerprint density at radius 3 is 2.88 bits per heavy atom. The molecule has 0 spiro atoms. The summed E-state index contributed by atoms with van der Waals surface area (Å²) in [6, 6.07) is 15.2. The van der Waals surface area contributed by atoms with E-state index in [4.69, 9.17) is 4.74 Å². The number of rotatable bonds is 6. The largest absolute Gasteiger partial charge is 0.497 e. The lowest BCUT2D eigenvalue weighted by atomic mass is 10.1. The Kier molecular flexibility index (Phi) is 5.35. The van der Waals surface area contributed by atoms with E-state index in [1.165, 1.54) is 11.8 Å². The molecule has 0 fully saturated rings. The van der Waals surface area contributed by atoms with Crippen LogP contribution in [0, 0.1) is 6.92 Å². The van der Waals surface area contributed by atoms with Gasteiger partial charge in [0, 0.05) is 17.3 Å². The van der Waals surface area contributed by atoms with Gasteiger partial charge in [-0.3, -0.25) is 9.89 Å². The topological polar surface area (TPSA) is 79.9 Å². The van der Waals surface area contributed by atoms with Crippen molar-refractivity contribution in [3.63, 3.8) is 0 Å². The molecule has 1 aromatic heterocycles. The minimum atomic E-state index is -0.125. The van der Waals surface area contributed by atoms with Crippen LogP contribution in [0.15, 0.2) is 53.7 Å². The zero-order valence-corrected chi connectivity index (χ0v) is 14.8. The van der Waals surface area contributed by atoms with Gasteiger partial charge in [0.25, 0.3) is 0 Å². The van der Waals surface area contributed by atoms with Crippen molar-refractivity contribution in [2.75, 3.05) is 18.2 Å². The van der Waals surface area contributed by atoms with Crippen molar-refractivity contribution in [1.29, 1.82) is 0 Å². The van der Waals surface area contributed by atoms with Gasteiger partial charge in [-0.05, 0) is 25.1 Å². The summed E-state index contributed by atoms with van der Waals surface area (Å²) in [5.41, 5.74) is 2.82. The number of aryl methyl sites for hydroxylation is 1. The molecule has 1 heterocycles. The maximum Gasteiger partial charge on any atom is 0.234 e. The number of benzene rings is 2. The van der Waals surface area contributed by atoms with Gasteiger partial charge < -0.3 is 10.1 Å². The Morgan fingerprint density at radius 2 is 2.08 bits per heavy atom. The number of hydrogen-bond acceptors (Lipinski definition) is 5. The van der Waals surface area contributed by atoms with Crippen molar-refractivity contribution in [3.8, 4) is 17.1 Å². The molecule has 0 aliphatic heterocycles. The third-order valence-electron chi connectivity index (χ3n) is 3.44. The molecule has 6 nitrogen and oxygen atoms in total. The first-order chi connectivity index (χ1) is 12.1. The number of nitrogens with one attached hydrogen (secondary N) is 2. The molecule has 25 heavy (non-hydrogen) atoms. The second-order valence-corrected chi connectivity index (χ2v) is 6.35. The molecule has 0 aliphatic rings. The lowest BCUT2D eigenvalue weighted by Gasteiger charge is -2.06. The molecule has 3 aromatic rings. The number of ether oxygens (including phenoxy) is 1. The summed E-state index contributed by atoms with van der Waals surface area (Å²) in [5.74, 6) is 1.49. The molecule has 0 saturated heterocycles. The number of aromatic nitrogens is 3. The predicted molar refractivity (Wildman–Crippen MR) is 98.9 cm³/mol. The average Bonchev–Trinajstić information content (AvgIpc) is 3.09. The highest BCUT2D eigenvalue weighted by Crippen LogP contribution is 2.21. The number of methoxy groups -OCH3 is 1. The van der Waals surface area contributed by atoms with Crippen LogP contribution in [0.25, 0.3) is 11.4 Å². The van der Waals surface area contributed by atoms with Crippen LogP contribution in [0.1, 0.15) is 5.56 Å². The van der Waals surface area contributed by atoms with Gasteiger partial charge in [-0.2, -0.15) is 0 Å². The average molecular weight is 354 g/mol. The number of amides is 1. The van der Waals surface area contributed by atoms with Gasteiger partial charge in [-0.25, -0.2) is 4.98 Å². The molecule has 128 valence electrons. The lowest BCUT2D eigenvalue weighted by molar-refractivity contribution is -0.113. The minimum Gasteiger partial charge on any atom is -0.497 e. The molecule has 0 radical (unpaired) electrons. The lowest BCUT2D eigenvalue weighted by Crippen LogP contribution is -2.14. The van der Waals surface area contributed by atoms with Crippen LogP contribution in [0.5, 0.6) is 5.75 Å². The molecule has 1 amide bonds. The highest BCUT2D eigenvalue weighted by atomic mass is 32.2. The van der Waals surface area contributed by atoms with E-state index in [9.17, 15) is 4.79 Å². The zero-order chi connectivity index (χ0) is 17.6. The number of aromatic amines is 1. The number of thioether (sulfide) groups is 1. The fraction of sp³-hybridized carbons (Fsp3) is 0.167. The van der Waals surface area contributed by atoms with Gasteiger partial charge in [0.1, 0.15) is 5.75 Å². The number of H-pyrrole nitrogens is 1. The molecule has 7 heteroatoms. The molecule has 0 aliphatic carbocycles. The number of nitrogens with zero attached hydrogens (tertiary/aromatic N) is 2. The van der Waals surface area contributed by atoms with Crippen LogP contribution >= 0.6 is 11.8 Å². The van der Waals surface area contributed by atoms with Crippen LogP contribution in [0.2, 0.25) is 0 Å². The van der Waals surface area contributed by atoms with Gasteiger partial charge in [-0.15, -0.1) is 5.10 Å².